The topological polar surface area (TPSA) is 89.3 Å². The number of halogens is 1. The van der Waals surface area contributed by atoms with Crippen LogP contribution in [0.3, 0.4) is 0 Å². The van der Waals surface area contributed by atoms with Crippen LogP contribution in [0, 0.1) is 0 Å². The molecule has 1 aromatic carbocycles. The predicted octanol–water partition coefficient (Wildman–Crippen LogP) is 0.911. The average Bonchev–Trinajstić information content (AvgIpc) is 3.17. The van der Waals surface area contributed by atoms with Gasteiger partial charge in [0.1, 0.15) is 0 Å². The lowest BCUT2D eigenvalue weighted by atomic mass is 10.00. The van der Waals surface area contributed by atoms with E-state index in [1.807, 2.05) is 24.3 Å². The first-order valence-corrected chi connectivity index (χ1v) is 7.61. The predicted molar refractivity (Wildman–Crippen MR) is 81.8 cm³/mol. The summed E-state index contributed by atoms with van der Waals surface area (Å²) in [5.74, 6) is -0.377. The normalized spacial score (nSPS) is 21.0. The second-order valence-electron chi connectivity index (χ2n) is 5.19. The molecule has 1 atom stereocenters. The summed E-state index contributed by atoms with van der Waals surface area (Å²) in [6.07, 6.45) is 2.13. The van der Waals surface area contributed by atoms with Crippen molar-refractivity contribution in [2.45, 2.75) is 12.0 Å². The Kier molecular flexibility index (Phi) is 4.23. The van der Waals surface area contributed by atoms with Gasteiger partial charge in [-0.2, -0.15) is 0 Å². The molecule has 0 aliphatic carbocycles. The molecule has 2 heterocycles. The summed E-state index contributed by atoms with van der Waals surface area (Å²) in [6.45, 7) is 0.648. The highest BCUT2D eigenvalue weighted by Gasteiger charge is 2.36. The van der Waals surface area contributed by atoms with E-state index in [0.717, 1.165) is 10.2 Å². The molecule has 1 aliphatic rings. The molecule has 1 saturated heterocycles. The maximum Gasteiger partial charge on any atom is 0.274 e. The Morgan fingerprint density at radius 1 is 1.50 bits per heavy atom. The fourth-order valence-electron chi connectivity index (χ4n) is 2.30. The number of hydrogen-bond acceptors (Lipinski definition) is 5. The monoisotopic (exact) mass is 366 g/mol. The fourth-order valence-corrected chi connectivity index (χ4v) is 2.76. The molecule has 3 rings (SSSR count). The van der Waals surface area contributed by atoms with Crippen LogP contribution in [0.1, 0.15) is 16.9 Å². The summed E-state index contributed by atoms with van der Waals surface area (Å²) in [4.78, 5) is 12.3. The van der Waals surface area contributed by atoms with Crippen LogP contribution in [0.2, 0.25) is 0 Å². The van der Waals surface area contributed by atoms with Gasteiger partial charge in [-0.05, 0) is 34.5 Å². The van der Waals surface area contributed by atoms with E-state index in [1.165, 1.54) is 4.68 Å². The number of carbonyl (C=O) groups is 1. The highest BCUT2D eigenvalue weighted by Crippen LogP contribution is 2.20. The lowest BCUT2D eigenvalue weighted by Gasteiger charge is -2.25. The van der Waals surface area contributed by atoms with Crippen LogP contribution >= 0.6 is 15.9 Å². The van der Waals surface area contributed by atoms with Gasteiger partial charge < -0.3 is 15.2 Å². The Bertz CT molecular complexity index is 682. The van der Waals surface area contributed by atoms with Gasteiger partial charge in [-0.1, -0.05) is 17.3 Å². The van der Waals surface area contributed by atoms with Crippen LogP contribution in [-0.4, -0.2) is 51.4 Å². The Hall–Kier alpha value is -1.77. The van der Waals surface area contributed by atoms with Gasteiger partial charge in [0.2, 0.25) is 0 Å². The molecule has 1 aliphatic heterocycles. The number of benzene rings is 1. The van der Waals surface area contributed by atoms with Crippen molar-refractivity contribution in [1.82, 2.24) is 20.3 Å². The quantitative estimate of drug-likeness (QED) is 0.839. The van der Waals surface area contributed by atoms with E-state index < -0.39 is 5.54 Å². The lowest BCUT2D eigenvalue weighted by Crippen LogP contribution is -2.52. The summed E-state index contributed by atoms with van der Waals surface area (Å²) in [6, 6.07) is 7.51. The molecular formula is C14H15BrN4O3. The van der Waals surface area contributed by atoms with Crippen LogP contribution in [0.25, 0.3) is 5.69 Å². The summed E-state index contributed by atoms with van der Waals surface area (Å²) in [5, 5.41) is 20.2. The molecule has 0 saturated carbocycles. The van der Waals surface area contributed by atoms with Crippen molar-refractivity contribution in [2.75, 3.05) is 19.8 Å². The van der Waals surface area contributed by atoms with Gasteiger partial charge in [-0.25, -0.2) is 4.68 Å². The maximum atomic E-state index is 12.3. The Morgan fingerprint density at radius 2 is 2.32 bits per heavy atom. The number of hydrogen-bond donors (Lipinski definition) is 2. The minimum Gasteiger partial charge on any atom is -0.394 e. The van der Waals surface area contributed by atoms with Crippen LogP contribution in [0.4, 0.5) is 0 Å². The molecule has 116 valence electrons. The second kappa shape index (κ2) is 6.15. The Labute approximate surface area is 135 Å². The molecule has 8 heteroatoms. The van der Waals surface area contributed by atoms with Crippen molar-refractivity contribution < 1.29 is 14.6 Å². The number of nitrogens with one attached hydrogen (secondary N) is 1. The zero-order chi connectivity index (χ0) is 15.6. The molecule has 7 nitrogen and oxygen atoms in total. The first kappa shape index (κ1) is 15.1. The molecule has 22 heavy (non-hydrogen) atoms. The largest absolute Gasteiger partial charge is 0.394 e. The molecule has 0 spiro atoms. The second-order valence-corrected chi connectivity index (χ2v) is 6.05. The van der Waals surface area contributed by atoms with Crippen LogP contribution in [-0.2, 0) is 4.74 Å². The van der Waals surface area contributed by atoms with Crippen molar-refractivity contribution in [2.24, 2.45) is 0 Å². The minimum atomic E-state index is -0.728. The lowest BCUT2D eigenvalue weighted by molar-refractivity contribution is 0.0785. The van der Waals surface area contributed by atoms with E-state index in [-0.39, 0.29) is 18.2 Å². The Morgan fingerprint density at radius 3 is 3.00 bits per heavy atom. The number of carbonyl (C=O) groups excluding carboxylic acids is 1. The molecular weight excluding hydrogens is 352 g/mol. The van der Waals surface area contributed by atoms with Gasteiger partial charge >= 0.3 is 0 Å². The van der Waals surface area contributed by atoms with Gasteiger partial charge in [0.25, 0.3) is 5.91 Å². The van der Waals surface area contributed by atoms with Crippen LogP contribution < -0.4 is 5.32 Å². The van der Waals surface area contributed by atoms with Crippen molar-refractivity contribution in [3.63, 3.8) is 0 Å². The van der Waals surface area contributed by atoms with Crippen LogP contribution in [0.5, 0.6) is 0 Å². The SMILES string of the molecule is O=C(NC1(CO)CCOC1)c1cn(-c2ccccc2Br)nn1. The third-order valence-corrected chi connectivity index (χ3v) is 4.28. The van der Waals surface area contributed by atoms with Crippen molar-refractivity contribution in [3.05, 3.63) is 40.6 Å². The summed E-state index contributed by atoms with van der Waals surface area (Å²) < 4.78 is 7.63. The number of aliphatic hydroxyl groups excluding tert-OH is 1. The first-order chi connectivity index (χ1) is 10.6. The maximum absolute atomic E-state index is 12.3. The highest BCUT2D eigenvalue weighted by atomic mass is 79.9. The molecule has 2 N–H and O–H groups in total. The average molecular weight is 367 g/mol. The number of rotatable bonds is 4. The number of ether oxygens (including phenoxy) is 1. The van der Waals surface area contributed by atoms with Gasteiger partial charge in [0.15, 0.2) is 5.69 Å². The summed E-state index contributed by atoms with van der Waals surface area (Å²) in [7, 11) is 0. The van der Waals surface area contributed by atoms with E-state index in [2.05, 4.69) is 31.6 Å². The van der Waals surface area contributed by atoms with E-state index in [1.54, 1.807) is 6.20 Å². The standard InChI is InChI=1S/C14H15BrN4O3/c15-10-3-1-2-4-12(10)19-7-11(17-18-19)13(21)16-14(8-20)5-6-22-9-14/h1-4,7,20H,5-6,8-9H2,(H,16,21). The number of para-hydroxylation sites is 1. The Balaban J connectivity index is 1.79. The molecule has 0 radical (unpaired) electrons. The van der Waals surface area contributed by atoms with Gasteiger partial charge in [-0.15, -0.1) is 5.10 Å². The van der Waals surface area contributed by atoms with E-state index in [4.69, 9.17) is 4.74 Å². The number of amides is 1. The zero-order valence-corrected chi connectivity index (χ0v) is 13.3. The van der Waals surface area contributed by atoms with E-state index in [0.29, 0.717) is 19.6 Å². The van der Waals surface area contributed by atoms with Crippen molar-refractivity contribution in [1.29, 1.82) is 0 Å². The van der Waals surface area contributed by atoms with Crippen molar-refractivity contribution >= 4 is 21.8 Å². The molecule has 1 unspecified atom stereocenters. The molecule has 2 aromatic rings. The third-order valence-electron chi connectivity index (χ3n) is 3.61. The molecule has 1 amide bonds. The van der Waals surface area contributed by atoms with Gasteiger partial charge in [-0.3, -0.25) is 4.79 Å². The van der Waals surface area contributed by atoms with Crippen molar-refractivity contribution in [3.8, 4) is 5.69 Å². The third kappa shape index (κ3) is 2.90. The van der Waals surface area contributed by atoms with Gasteiger partial charge in [0, 0.05) is 11.1 Å². The molecule has 1 aromatic heterocycles. The number of aromatic nitrogens is 3. The van der Waals surface area contributed by atoms with E-state index in [9.17, 15) is 9.90 Å². The minimum absolute atomic E-state index is 0.170. The van der Waals surface area contributed by atoms with Crippen LogP contribution in [0.15, 0.2) is 34.9 Å². The number of aliphatic hydroxyl groups is 1. The zero-order valence-electron chi connectivity index (χ0n) is 11.7. The smallest absolute Gasteiger partial charge is 0.274 e. The molecule has 0 bridgehead atoms. The van der Waals surface area contributed by atoms with Gasteiger partial charge in [0.05, 0.1) is 30.6 Å². The summed E-state index contributed by atoms with van der Waals surface area (Å²) in [5.41, 5.74) is 0.249. The first-order valence-electron chi connectivity index (χ1n) is 6.82. The highest BCUT2D eigenvalue weighted by molar-refractivity contribution is 9.10. The summed E-state index contributed by atoms with van der Waals surface area (Å²) >= 11 is 3.43. The fraction of sp³-hybridized carbons (Fsp3) is 0.357. The molecule has 1 fully saturated rings. The number of nitrogens with zero attached hydrogens (tertiary/aromatic N) is 3. The van der Waals surface area contributed by atoms with E-state index >= 15 is 0 Å².